The Morgan fingerprint density at radius 3 is 2.38 bits per heavy atom. The Kier molecular flexibility index (Phi) is 4.55. The van der Waals surface area contributed by atoms with Crippen LogP contribution in [0.1, 0.15) is 11.7 Å². The zero-order valence-electron chi connectivity index (χ0n) is 13.1. The van der Waals surface area contributed by atoms with Crippen LogP contribution in [0.5, 0.6) is 5.75 Å². The van der Waals surface area contributed by atoms with Gasteiger partial charge in [0.05, 0.1) is 6.54 Å². The highest BCUT2D eigenvalue weighted by Crippen LogP contribution is 2.25. The van der Waals surface area contributed by atoms with Crippen molar-refractivity contribution in [2.45, 2.75) is 11.0 Å². The molecule has 6 nitrogen and oxygen atoms in total. The van der Waals surface area contributed by atoms with Crippen molar-refractivity contribution in [3.05, 3.63) is 60.2 Å². The summed E-state index contributed by atoms with van der Waals surface area (Å²) in [6.45, 7) is 0.503. The van der Waals surface area contributed by atoms with Gasteiger partial charge in [0.15, 0.2) is 0 Å². The average Bonchev–Trinajstić information content (AvgIpc) is 2.59. The molecule has 0 radical (unpaired) electrons. The van der Waals surface area contributed by atoms with E-state index in [1.165, 1.54) is 12.1 Å². The summed E-state index contributed by atoms with van der Waals surface area (Å²) >= 11 is 0. The number of morpholine rings is 1. The van der Waals surface area contributed by atoms with Crippen molar-refractivity contribution in [1.82, 2.24) is 4.90 Å². The molecule has 24 heavy (non-hydrogen) atoms. The lowest BCUT2D eigenvalue weighted by atomic mass is 10.1. The molecule has 0 bridgehead atoms. The standard InChI is InChI=1S/C17H17NO5S/c1-18-11-16(22-12-17(18)19)13-7-9-14(10-8-13)23-24(20,21)15-5-3-2-4-6-15/h2-10,16H,11-12H2,1H3/t16-/m1/s1. The van der Waals surface area contributed by atoms with E-state index in [9.17, 15) is 13.2 Å². The van der Waals surface area contributed by atoms with Crippen molar-refractivity contribution in [3.63, 3.8) is 0 Å². The highest BCUT2D eigenvalue weighted by molar-refractivity contribution is 7.87. The van der Waals surface area contributed by atoms with E-state index in [1.54, 1.807) is 54.4 Å². The normalized spacial score (nSPS) is 18.5. The number of benzene rings is 2. The van der Waals surface area contributed by atoms with E-state index in [0.717, 1.165) is 5.56 Å². The van der Waals surface area contributed by atoms with Gasteiger partial charge in [-0.1, -0.05) is 30.3 Å². The first kappa shape index (κ1) is 16.5. The predicted molar refractivity (Wildman–Crippen MR) is 87.0 cm³/mol. The summed E-state index contributed by atoms with van der Waals surface area (Å²) in [7, 11) is -2.13. The van der Waals surface area contributed by atoms with E-state index >= 15 is 0 Å². The van der Waals surface area contributed by atoms with Crippen molar-refractivity contribution in [2.24, 2.45) is 0 Å². The van der Waals surface area contributed by atoms with Crippen LogP contribution in [0.2, 0.25) is 0 Å². The van der Waals surface area contributed by atoms with Gasteiger partial charge in [0.25, 0.3) is 0 Å². The van der Waals surface area contributed by atoms with Gasteiger partial charge in [0.1, 0.15) is 23.4 Å². The van der Waals surface area contributed by atoms with Crippen molar-refractivity contribution in [1.29, 1.82) is 0 Å². The van der Waals surface area contributed by atoms with E-state index < -0.39 is 10.1 Å². The summed E-state index contributed by atoms with van der Waals surface area (Å²) < 4.78 is 35.0. The third-order valence-corrected chi connectivity index (χ3v) is 5.02. The molecule has 1 saturated heterocycles. The molecule has 1 heterocycles. The van der Waals surface area contributed by atoms with Crippen LogP contribution in [0.15, 0.2) is 59.5 Å². The van der Waals surface area contributed by atoms with Crippen LogP contribution in [-0.4, -0.2) is 39.4 Å². The molecule has 2 aromatic carbocycles. The Bertz CT molecular complexity index is 818. The molecule has 1 atom stereocenters. The average molecular weight is 347 g/mol. The maximum Gasteiger partial charge on any atom is 0.339 e. The molecular formula is C17H17NO5S. The Balaban J connectivity index is 1.72. The minimum absolute atomic E-state index is 0.0435. The summed E-state index contributed by atoms with van der Waals surface area (Å²) in [5, 5.41) is 0. The van der Waals surface area contributed by atoms with E-state index in [1.807, 2.05) is 0 Å². The number of rotatable bonds is 4. The molecule has 1 amide bonds. The highest BCUT2D eigenvalue weighted by atomic mass is 32.2. The molecule has 7 heteroatoms. The zero-order valence-corrected chi connectivity index (χ0v) is 13.9. The van der Waals surface area contributed by atoms with Crippen molar-refractivity contribution >= 4 is 16.0 Å². The van der Waals surface area contributed by atoms with E-state index in [0.29, 0.717) is 6.54 Å². The maximum atomic E-state index is 12.2. The van der Waals surface area contributed by atoms with Crippen LogP contribution in [-0.2, 0) is 19.6 Å². The molecule has 0 unspecified atom stereocenters. The quantitative estimate of drug-likeness (QED) is 0.791. The Labute approximate surface area is 140 Å². The number of hydrogen-bond donors (Lipinski definition) is 0. The molecule has 2 aromatic rings. The number of amides is 1. The van der Waals surface area contributed by atoms with Gasteiger partial charge in [0.2, 0.25) is 5.91 Å². The fourth-order valence-corrected chi connectivity index (χ4v) is 3.34. The van der Waals surface area contributed by atoms with Crippen molar-refractivity contribution in [2.75, 3.05) is 20.2 Å². The number of nitrogens with zero attached hydrogens (tertiary/aromatic N) is 1. The number of ether oxygens (including phenoxy) is 1. The zero-order chi connectivity index (χ0) is 17.2. The van der Waals surface area contributed by atoms with Crippen LogP contribution in [0, 0.1) is 0 Å². The second kappa shape index (κ2) is 6.62. The first-order chi connectivity index (χ1) is 11.5. The lowest BCUT2D eigenvalue weighted by molar-refractivity contribution is -0.147. The largest absolute Gasteiger partial charge is 0.379 e. The molecular weight excluding hydrogens is 330 g/mol. The van der Waals surface area contributed by atoms with Crippen LogP contribution in [0.25, 0.3) is 0 Å². The molecule has 0 aromatic heterocycles. The molecule has 126 valence electrons. The molecule has 0 aliphatic carbocycles. The summed E-state index contributed by atoms with van der Waals surface area (Å²) in [6.07, 6.45) is -0.229. The highest BCUT2D eigenvalue weighted by Gasteiger charge is 2.25. The SMILES string of the molecule is CN1C[C@H](c2ccc(OS(=O)(=O)c3ccccc3)cc2)OCC1=O. The fraction of sp³-hybridized carbons (Fsp3) is 0.235. The number of hydrogen-bond acceptors (Lipinski definition) is 5. The minimum Gasteiger partial charge on any atom is -0.379 e. The maximum absolute atomic E-state index is 12.2. The Hall–Kier alpha value is -2.38. The molecule has 3 rings (SSSR count). The molecule has 0 saturated carbocycles. The summed E-state index contributed by atoms with van der Waals surface area (Å²) in [5.74, 6) is 0.169. The van der Waals surface area contributed by atoms with E-state index in [2.05, 4.69) is 0 Å². The lowest BCUT2D eigenvalue weighted by Gasteiger charge is -2.30. The first-order valence-corrected chi connectivity index (χ1v) is 8.81. The van der Waals surface area contributed by atoms with Gasteiger partial charge in [-0.25, -0.2) is 0 Å². The van der Waals surface area contributed by atoms with Gasteiger partial charge in [0, 0.05) is 7.05 Å². The van der Waals surface area contributed by atoms with Gasteiger partial charge in [-0.05, 0) is 29.8 Å². The summed E-state index contributed by atoms with van der Waals surface area (Å²) in [6, 6.07) is 14.6. The predicted octanol–water partition coefficient (Wildman–Crippen LogP) is 1.98. The molecule has 0 spiro atoms. The van der Waals surface area contributed by atoms with Gasteiger partial charge in [-0.2, -0.15) is 8.42 Å². The minimum atomic E-state index is -3.85. The van der Waals surface area contributed by atoms with Crippen LogP contribution in [0.3, 0.4) is 0 Å². The first-order valence-electron chi connectivity index (χ1n) is 7.41. The summed E-state index contributed by atoms with van der Waals surface area (Å²) in [4.78, 5) is 13.1. The molecule has 1 aliphatic rings. The summed E-state index contributed by atoms with van der Waals surface area (Å²) in [5.41, 5.74) is 0.860. The van der Waals surface area contributed by atoms with Crippen LogP contribution in [0.4, 0.5) is 0 Å². The third kappa shape index (κ3) is 3.58. The van der Waals surface area contributed by atoms with Gasteiger partial charge >= 0.3 is 10.1 Å². The van der Waals surface area contributed by atoms with Gasteiger partial charge in [-0.3, -0.25) is 4.79 Å². The number of likely N-dealkylation sites (N-methyl/N-ethyl adjacent to an activating group) is 1. The van der Waals surface area contributed by atoms with Crippen molar-refractivity contribution in [3.8, 4) is 5.75 Å². The Morgan fingerprint density at radius 1 is 1.08 bits per heavy atom. The molecule has 0 N–H and O–H groups in total. The smallest absolute Gasteiger partial charge is 0.339 e. The number of carbonyl (C=O) groups excluding carboxylic acids is 1. The van der Waals surface area contributed by atoms with Gasteiger partial charge in [-0.15, -0.1) is 0 Å². The number of carbonyl (C=O) groups is 1. The van der Waals surface area contributed by atoms with E-state index in [4.69, 9.17) is 8.92 Å². The van der Waals surface area contributed by atoms with Crippen molar-refractivity contribution < 1.29 is 22.1 Å². The monoisotopic (exact) mass is 347 g/mol. The fourth-order valence-electron chi connectivity index (χ4n) is 2.39. The second-order valence-corrected chi connectivity index (χ2v) is 7.04. The van der Waals surface area contributed by atoms with E-state index in [-0.39, 0.29) is 29.3 Å². The molecule has 1 aliphatic heterocycles. The van der Waals surface area contributed by atoms with Crippen LogP contribution < -0.4 is 4.18 Å². The topological polar surface area (TPSA) is 72.9 Å². The lowest BCUT2D eigenvalue weighted by Crippen LogP contribution is -2.40. The van der Waals surface area contributed by atoms with Crippen LogP contribution >= 0.6 is 0 Å². The molecule has 1 fully saturated rings. The Morgan fingerprint density at radius 2 is 1.75 bits per heavy atom. The van der Waals surface area contributed by atoms with Gasteiger partial charge < -0.3 is 13.8 Å². The third-order valence-electron chi connectivity index (χ3n) is 3.76. The second-order valence-electron chi connectivity index (χ2n) is 5.49.